The van der Waals surface area contributed by atoms with Gasteiger partial charge in [0.05, 0.1) is 11.7 Å². The molecular weight excluding hydrogens is 237 g/mol. The molecule has 1 atom stereocenters. The SMILES string of the molecule is CCCNC(c1cccc(F)c1)c1csnn1. The van der Waals surface area contributed by atoms with Crippen molar-refractivity contribution in [2.45, 2.75) is 19.4 Å². The largest absolute Gasteiger partial charge is 0.305 e. The van der Waals surface area contributed by atoms with E-state index >= 15 is 0 Å². The van der Waals surface area contributed by atoms with Gasteiger partial charge in [0.15, 0.2) is 0 Å². The van der Waals surface area contributed by atoms with Crippen molar-refractivity contribution in [3.05, 3.63) is 46.7 Å². The van der Waals surface area contributed by atoms with Crippen LogP contribution in [-0.2, 0) is 0 Å². The zero-order valence-corrected chi connectivity index (χ0v) is 10.4. The Labute approximate surface area is 104 Å². The third-order valence-electron chi connectivity index (χ3n) is 2.45. The van der Waals surface area contributed by atoms with Gasteiger partial charge in [-0.15, -0.1) is 5.10 Å². The first kappa shape index (κ1) is 12.1. The topological polar surface area (TPSA) is 37.8 Å². The lowest BCUT2D eigenvalue weighted by molar-refractivity contribution is 0.575. The van der Waals surface area contributed by atoms with Crippen LogP contribution in [0.15, 0.2) is 29.6 Å². The number of aromatic nitrogens is 2. The lowest BCUT2D eigenvalue weighted by Crippen LogP contribution is -2.23. The molecule has 0 aliphatic heterocycles. The van der Waals surface area contributed by atoms with Gasteiger partial charge in [-0.3, -0.25) is 0 Å². The molecule has 0 amide bonds. The van der Waals surface area contributed by atoms with Crippen molar-refractivity contribution >= 4 is 11.5 Å². The Bertz CT molecular complexity index is 459. The van der Waals surface area contributed by atoms with Crippen LogP contribution in [-0.4, -0.2) is 16.1 Å². The van der Waals surface area contributed by atoms with Crippen molar-refractivity contribution in [2.24, 2.45) is 0 Å². The smallest absolute Gasteiger partial charge is 0.123 e. The molecule has 3 nitrogen and oxygen atoms in total. The van der Waals surface area contributed by atoms with Crippen molar-refractivity contribution in [2.75, 3.05) is 6.54 Å². The molecule has 0 aliphatic rings. The van der Waals surface area contributed by atoms with Crippen LogP contribution in [0.2, 0.25) is 0 Å². The Morgan fingerprint density at radius 2 is 2.35 bits per heavy atom. The number of nitrogens with zero attached hydrogens (tertiary/aromatic N) is 2. The van der Waals surface area contributed by atoms with Crippen LogP contribution in [0.3, 0.4) is 0 Å². The number of rotatable bonds is 5. The molecule has 5 heteroatoms. The summed E-state index contributed by atoms with van der Waals surface area (Å²) in [5.41, 5.74) is 1.72. The summed E-state index contributed by atoms with van der Waals surface area (Å²) >= 11 is 1.31. The standard InChI is InChI=1S/C12H14FN3S/c1-2-6-14-12(11-8-17-16-15-11)9-4-3-5-10(13)7-9/h3-5,7-8,12,14H,2,6H2,1H3. The van der Waals surface area contributed by atoms with Gasteiger partial charge in [0.1, 0.15) is 5.82 Å². The maximum Gasteiger partial charge on any atom is 0.123 e. The normalized spacial score (nSPS) is 12.6. The van der Waals surface area contributed by atoms with E-state index in [1.54, 1.807) is 6.07 Å². The summed E-state index contributed by atoms with van der Waals surface area (Å²) in [6, 6.07) is 6.51. The van der Waals surface area contributed by atoms with Crippen molar-refractivity contribution in [1.29, 1.82) is 0 Å². The van der Waals surface area contributed by atoms with Crippen LogP contribution in [0.5, 0.6) is 0 Å². The Morgan fingerprint density at radius 1 is 1.47 bits per heavy atom. The Hall–Kier alpha value is -1.33. The van der Waals surface area contributed by atoms with Gasteiger partial charge >= 0.3 is 0 Å². The lowest BCUT2D eigenvalue weighted by Gasteiger charge is -2.16. The quantitative estimate of drug-likeness (QED) is 0.888. The zero-order chi connectivity index (χ0) is 12.1. The fraction of sp³-hybridized carbons (Fsp3) is 0.333. The predicted molar refractivity (Wildman–Crippen MR) is 66.4 cm³/mol. The maximum atomic E-state index is 13.2. The van der Waals surface area contributed by atoms with E-state index in [1.165, 1.54) is 23.7 Å². The van der Waals surface area contributed by atoms with E-state index in [4.69, 9.17) is 0 Å². The molecule has 2 rings (SSSR count). The third-order valence-corrected chi connectivity index (χ3v) is 2.98. The molecule has 0 fully saturated rings. The van der Waals surface area contributed by atoms with Gasteiger partial charge in [0.2, 0.25) is 0 Å². The fourth-order valence-corrected chi connectivity index (χ4v) is 2.15. The van der Waals surface area contributed by atoms with Crippen LogP contribution in [0, 0.1) is 5.82 Å². The van der Waals surface area contributed by atoms with E-state index in [-0.39, 0.29) is 11.9 Å². The summed E-state index contributed by atoms with van der Waals surface area (Å²) < 4.78 is 17.1. The van der Waals surface area contributed by atoms with E-state index in [9.17, 15) is 4.39 Å². The average Bonchev–Trinajstić information content (AvgIpc) is 2.83. The van der Waals surface area contributed by atoms with Crippen LogP contribution in [0.4, 0.5) is 4.39 Å². The molecule has 1 unspecified atom stereocenters. The fourth-order valence-electron chi connectivity index (χ4n) is 1.67. The summed E-state index contributed by atoms with van der Waals surface area (Å²) in [6.45, 7) is 2.95. The first-order valence-corrected chi connectivity index (χ1v) is 6.40. The summed E-state index contributed by atoms with van der Waals surface area (Å²) in [7, 11) is 0. The number of halogens is 1. The minimum atomic E-state index is -0.228. The first-order valence-electron chi connectivity index (χ1n) is 5.57. The van der Waals surface area contributed by atoms with Gasteiger partial charge in [-0.2, -0.15) is 0 Å². The Morgan fingerprint density at radius 3 is 3.00 bits per heavy atom. The van der Waals surface area contributed by atoms with Crippen molar-refractivity contribution < 1.29 is 4.39 Å². The van der Waals surface area contributed by atoms with Crippen molar-refractivity contribution in [1.82, 2.24) is 14.9 Å². The molecule has 0 spiro atoms. The van der Waals surface area contributed by atoms with Crippen LogP contribution < -0.4 is 5.32 Å². The molecule has 1 heterocycles. The van der Waals surface area contributed by atoms with E-state index in [0.29, 0.717) is 0 Å². The van der Waals surface area contributed by atoms with E-state index in [2.05, 4.69) is 21.8 Å². The lowest BCUT2D eigenvalue weighted by atomic mass is 10.0. The first-order chi connectivity index (χ1) is 8.31. The van der Waals surface area contributed by atoms with Gasteiger partial charge in [-0.1, -0.05) is 23.5 Å². The average molecular weight is 251 g/mol. The molecule has 1 aromatic carbocycles. The summed E-state index contributed by atoms with van der Waals surface area (Å²) in [5, 5.41) is 9.30. The van der Waals surface area contributed by atoms with E-state index in [0.717, 1.165) is 24.2 Å². The van der Waals surface area contributed by atoms with Crippen LogP contribution >= 0.6 is 11.5 Å². The summed E-state index contributed by atoms with van der Waals surface area (Å²) in [4.78, 5) is 0. The molecule has 1 N–H and O–H groups in total. The second kappa shape index (κ2) is 5.84. The molecule has 0 saturated carbocycles. The predicted octanol–water partition coefficient (Wildman–Crippen LogP) is 2.77. The van der Waals surface area contributed by atoms with E-state index < -0.39 is 0 Å². The number of hydrogen-bond donors (Lipinski definition) is 1. The van der Waals surface area contributed by atoms with E-state index in [1.807, 2.05) is 11.4 Å². The minimum Gasteiger partial charge on any atom is -0.305 e. The highest BCUT2D eigenvalue weighted by atomic mass is 32.1. The molecular formula is C12H14FN3S. The van der Waals surface area contributed by atoms with Gasteiger partial charge in [0.25, 0.3) is 0 Å². The van der Waals surface area contributed by atoms with Gasteiger partial charge in [0, 0.05) is 5.38 Å². The highest BCUT2D eigenvalue weighted by molar-refractivity contribution is 7.03. The maximum absolute atomic E-state index is 13.2. The second-order valence-electron chi connectivity index (χ2n) is 3.77. The van der Waals surface area contributed by atoms with Gasteiger partial charge in [-0.05, 0) is 42.2 Å². The third kappa shape index (κ3) is 3.08. The van der Waals surface area contributed by atoms with Crippen molar-refractivity contribution in [3.63, 3.8) is 0 Å². The van der Waals surface area contributed by atoms with Crippen LogP contribution in [0.1, 0.15) is 30.6 Å². The molecule has 0 aliphatic carbocycles. The minimum absolute atomic E-state index is 0.0793. The Balaban J connectivity index is 2.27. The molecule has 1 aromatic heterocycles. The van der Waals surface area contributed by atoms with Gasteiger partial charge < -0.3 is 5.32 Å². The molecule has 0 saturated heterocycles. The highest BCUT2D eigenvalue weighted by Gasteiger charge is 2.16. The second-order valence-corrected chi connectivity index (χ2v) is 4.38. The van der Waals surface area contributed by atoms with Gasteiger partial charge in [-0.25, -0.2) is 4.39 Å². The summed E-state index contributed by atoms with van der Waals surface area (Å²) in [5.74, 6) is -0.228. The molecule has 0 bridgehead atoms. The van der Waals surface area contributed by atoms with Crippen LogP contribution in [0.25, 0.3) is 0 Å². The number of nitrogens with one attached hydrogen (secondary N) is 1. The molecule has 90 valence electrons. The van der Waals surface area contributed by atoms with Crippen molar-refractivity contribution in [3.8, 4) is 0 Å². The molecule has 0 radical (unpaired) electrons. The number of hydrogen-bond acceptors (Lipinski definition) is 4. The number of benzene rings is 1. The monoisotopic (exact) mass is 251 g/mol. The highest BCUT2D eigenvalue weighted by Crippen LogP contribution is 2.21. The molecule has 17 heavy (non-hydrogen) atoms. The molecule has 2 aromatic rings. The summed E-state index contributed by atoms with van der Waals surface area (Å²) in [6.07, 6.45) is 1.02. The zero-order valence-electron chi connectivity index (χ0n) is 9.56. The Kier molecular flexibility index (Phi) is 4.17.